The van der Waals surface area contributed by atoms with E-state index in [0.29, 0.717) is 12.3 Å². The van der Waals surface area contributed by atoms with Crippen LogP contribution in [0.1, 0.15) is 38.5 Å². The molecule has 0 aromatic carbocycles. The van der Waals surface area contributed by atoms with Gasteiger partial charge in [-0.3, -0.25) is 0 Å². The highest BCUT2D eigenvalue weighted by molar-refractivity contribution is 5.28. The fraction of sp³-hybridized carbons (Fsp3) is 0.818. The Labute approximate surface area is 96.0 Å². The lowest BCUT2D eigenvalue weighted by Gasteiger charge is -2.24. The van der Waals surface area contributed by atoms with E-state index in [2.05, 4.69) is 22.0 Å². The van der Waals surface area contributed by atoms with Crippen LogP contribution < -0.4 is 10.6 Å². The quantitative estimate of drug-likeness (QED) is 0.835. The van der Waals surface area contributed by atoms with Gasteiger partial charge >= 0.3 is 0 Å². The van der Waals surface area contributed by atoms with Gasteiger partial charge in [0.05, 0.1) is 0 Å². The lowest BCUT2D eigenvalue weighted by Crippen LogP contribution is -2.30. The SMILES string of the molecule is CCC(N)Cc1nc(N2CCCCC2)no1. The third kappa shape index (κ3) is 2.72. The third-order valence-electron chi connectivity index (χ3n) is 3.06. The van der Waals surface area contributed by atoms with E-state index in [1.807, 2.05) is 0 Å². The molecule has 1 aromatic rings. The maximum atomic E-state index is 5.85. The Bertz CT molecular complexity index is 320. The third-order valence-corrected chi connectivity index (χ3v) is 3.06. The summed E-state index contributed by atoms with van der Waals surface area (Å²) in [6, 6.07) is 0.120. The van der Waals surface area contributed by atoms with Crippen molar-refractivity contribution >= 4 is 5.95 Å². The lowest BCUT2D eigenvalue weighted by molar-refractivity contribution is 0.365. The van der Waals surface area contributed by atoms with Crippen molar-refractivity contribution in [3.63, 3.8) is 0 Å². The van der Waals surface area contributed by atoms with Crippen LogP contribution in [0.2, 0.25) is 0 Å². The summed E-state index contributed by atoms with van der Waals surface area (Å²) < 4.78 is 5.21. The molecule has 1 atom stereocenters. The van der Waals surface area contributed by atoms with Crippen molar-refractivity contribution in [2.24, 2.45) is 5.73 Å². The lowest BCUT2D eigenvalue weighted by atomic mass is 10.1. The number of hydrogen-bond donors (Lipinski definition) is 1. The van der Waals surface area contributed by atoms with Gasteiger partial charge in [-0.1, -0.05) is 6.92 Å². The van der Waals surface area contributed by atoms with Crippen LogP contribution in [0, 0.1) is 0 Å². The number of nitrogens with zero attached hydrogens (tertiary/aromatic N) is 3. The van der Waals surface area contributed by atoms with Crippen molar-refractivity contribution in [1.29, 1.82) is 0 Å². The summed E-state index contributed by atoms with van der Waals surface area (Å²) in [6.45, 7) is 4.14. The van der Waals surface area contributed by atoms with Gasteiger partial charge in [-0.15, -0.1) is 0 Å². The molecule has 1 aromatic heterocycles. The second-order valence-electron chi connectivity index (χ2n) is 4.41. The minimum absolute atomic E-state index is 0.120. The van der Waals surface area contributed by atoms with Crippen molar-refractivity contribution < 1.29 is 4.52 Å². The molecular weight excluding hydrogens is 204 g/mol. The molecule has 1 aliphatic rings. The first kappa shape index (κ1) is 11.4. The molecule has 0 bridgehead atoms. The minimum Gasteiger partial charge on any atom is -0.338 e. The Morgan fingerprint density at radius 3 is 2.81 bits per heavy atom. The second-order valence-corrected chi connectivity index (χ2v) is 4.41. The molecular formula is C11H20N4O. The Morgan fingerprint density at radius 2 is 2.12 bits per heavy atom. The predicted octanol–water partition coefficient (Wildman–Crippen LogP) is 1.34. The molecule has 2 rings (SSSR count). The molecule has 1 aliphatic heterocycles. The van der Waals surface area contributed by atoms with Crippen molar-refractivity contribution in [3.8, 4) is 0 Å². The molecule has 0 amide bonds. The number of hydrogen-bond acceptors (Lipinski definition) is 5. The van der Waals surface area contributed by atoms with Gasteiger partial charge in [-0.2, -0.15) is 4.98 Å². The number of nitrogens with two attached hydrogens (primary N) is 1. The molecule has 1 fully saturated rings. The summed E-state index contributed by atoms with van der Waals surface area (Å²) in [4.78, 5) is 6.58. The fourth-order valence-electron chi connectivity index (χ4n) is 1.92. The van der Waals surface area contributed by atoms with E-state index in [4.69, 9.17) is 10.3 Å². The van der Waals surface area contributed by atoms with Crippen LogP contribution in [0.3, 0.4) is 0 Å². The zero-order valence-corrected chi connectivity index (χ0v) is 9.85. The summed E-state index contributed by atoms with van der Waals surface area (Å²) in [5.41, 5.74) is 5.85. The van der Waals surface area contributed by atoms with Crippen LogP contribution in [0.5, 0.6) is 0 Å². The molecule has 0 aliphatic carbocycles. The van der Waals surface area contributed by atoms with Crippen molar-refractivity contribution in [1.82, 2.24) is 10.1 Å². The standard InChI is InChI=1S/C11H20N4O/c1-2-9(12)8-10-13-11(14-16-10)15-6-4-3-5-7-15/h9H,2-8,12H2,1H3. The maximum absolute atomic E-state index is 5.85. The van der Waals surface area contributed by atoms with Gasteiger partial charge in [0.1, 0.15) is 0 Å². The van der Waals surface area contributed by atoms with Crippen LogP contribution in [0.15, 0.2) is 4.52 Å². The average Bonchev–Trinajstić information content (AvgIpc) is 2.78. The Balaban J connectivity index is 1.95. The minimum atomic E-state index is 0.120. The molecule has 5 nitrogen and oxygen atoms in total. The number of rotatable bonds is 4. The average molecular weight is 224 g/mol. The first-order valence-electron chi connectivity index (χ1n) is 6.12. The molecule has 16 heavy (non-hydrogen) atoms. The Hall–Kier alpha value is -1.10. The van der Waals surface area contributed by atoms with Crippen LogP contribution in [-0.2, 0) is 6.42 Å². The first-order valence-corrected chi connectivity index (χ1v) is 6.12. The zero-order chi connectivity index (χ0) is 11.4. The number of aromatic nitrogens is 2. The van der Waals surface area contributed by atoms with Gasteiger partial charge in [0.2, 0.25) is 5.89 Å². The molecule has 1 saturated heterocycles. The summed E-state index contributed by atoms with van der Waals surface area (Å²) >= 11 is 0. The van der Waals surface area contributed by atoms with E-state index >= 15 is 0 Å². The summed E-state index contributed by atoms with van der Waals surface area (Å²) in [5.74, 6) is 1.40. The predicted molar refractivity (Wildman–Crippen MR) is 62.3 cm³/mol. The molecule has 0 spiro atoms. The maximum Gasteiger partial charge on any atom is 0.266 e. The van der Waals surface area contributed by atoms with Gasteiger partial charge in [-0.05, 0) is 30.8 Å². The van der Waals surface area contributed by atoms with Crippen LogP contribution in [0.4, 0.5) is 5.95 Å². The fourth-order valence-corrected chi connectivity index (χ4v) is 1.92. The van der Waals surface area contributed by atoms with Crippen molar-refractivity contribution in [2.75, 3.05) is 18.0 Å². The monoisotopic (exact) mass is 224 g/mol. The van der Waals surface area contributed by atoms with Crippen LogP contribution in [0.25, 0.3) is 0 Å². The molecule has 90 valence electrons. The van der Waals surface area contributed by atoms with E-state index < -0.39 is 0 Å². The van der Waals surface area contributed by atoms with Gasteiger partial charge in [0.25, 0.3) is 5.95 Å². The van der Waals surface area contributed by atoms with Gasteiger partial charge in [-0.25, -0.2) is 0 Å². The highest BCUT2D eigenvalue weighted by Crippen LogP contribution is 2.16. The summed E-state index contributed by atoms with van der Waals surface area (Å²) in [7, 11) is 0. The smallest absolute Gasteiger partial charge is 0.266 e. The van der Waals surface area contributed by atoms with E-state index in [1.54, 1.807) is 0 Å². The number of piperidine rings is 1. The Kier molecular flexibility index (Phi) is 3.77. The summed E-state index contributed by atoms with van der Waals surface area (Å²) in [5, 5.41) is 4.01. The molecule has 0 radical (unpaired) electrons. The second kappa shape index (κ2) is 5.30. The summed E-state index contributed by atoms with van der Waals surface area (Å²) in [6.07, 6.45) is 5.36. The molecule has 1 unspecified atom stereocenters. The van der Waals surface area contributed by atoms with Gasteiger partial charge < -0.3 is 15.2 Å². The van der Waals surface area contributed by atoms with E-state index in [0.717, 1.165) is 25.5 Å². The van der Waals surface area contributed by atoms with Gasteiger partial charge in [0.15, 0.2) is 0 Å². The highest BCUT2D eigenvalue weighted by Gasteiger charge is 2.17. The molecule has 5 heteroatoms. The largest absolute Gasteiger partial charge is 0.338 e. The topological polar surface area (TPSA) is 68.2 Å². The van der Waals surface area contributed by atoms with Crippen molar-refractivity contribution in [3.05, 3.63) is 5.89 Å². The van der Waals surface area contributed by atoms with E-state index in [9.17, 15) is 0 Å². The highest BCUT2D eigenvalue weighted by atomic mass is 16.5. The molecule has 2 heterocycles. The van der Waals surface area contributed by atoms with E-state index in [-0.39, 0.29) is 6.04 Å². The molecule has 2 N–H and O–H groups in total. The van der Waals surface area contributed by atoms with Gasteiger partial charge in [0, 0.05) is 25.6 Å². The normalized spacial score (nSPS) is 18.8. The van der Waals surface area contributed by atoms with E-state index in [1.165, 1.54) is 19.3 Å². The molecule has 0 saturated carbocycles. The zero-order valence-electron chi connectivity index (χ0n) is 9.85. The first-order chi connectivity index (χ1) is 7.79. The number of anilines is 1. The van der Waals surface area contributed by atoms with Crippen molar-refractivity contribution in [2.45, 2.75) is 45.1 Å². The van der Waals surface area contributed by atoms with Crippen LogP contribution >= 0.6 is 0 Å². The van der Waals surface area contributed by atoms with Crippen LogP contribution in [-0.4, -0.2) is 29.3 Å². The Morgan fingerprint density at radius 1 is 1.38 bits per heavy atom.